The van der Waals surface area contributed by atoms with Crippen LogP contribution in [0.15, 0.2) is 16.6 Å². The van der Waals surface area contributed by atoms with Gasteiger partial charge in [-0.05, 0) is 40.0 Å². The molecule has 1 atom stereocenters. The lowest BCUT2D eigenvalue weighted by molar-refractivity contribution is -0.138. The van der Waals surface area contributed by atoms with E-state index < -0.39 is 23.6 Å². The van der Waals surface area contributed by atoms with Gasteiger partial charge in [0.2, 0.25) is 0 Å². The summed E-state index contributed by atoms with van der Waals surface area (Å²) in [6.07, 6.45) is -0.0505. The van der Waals surface area contributed by atoms with E-state index in [4.69, 9.17) is 10.8 Å². The Morgan fingerprint density at radius 3 is 2.60 bits per heavy atom. The zero-order chi connectivity index (χ0) is 11.6. The molecule has 0 aliphatic heterocycles. The van der Waals surface area contributed by atoms with Crippen LogP contribution in [0.4, 0.5) is 8.78 Å². The highest BCUT2D eigenvalue weighted by Crippen LogP contribution is 2.20. The van der Waals surface area contributed by atoms with Crippen LogP contribution >= 0.6 is 15.9 Å². The SMILES string of the molecule is NC(Cc1cc(F)c(F)c(Br)c1)C(=O)O. The number of rotatable bonds is 3. The summed E-state index contributed by atoms with van der Waals surface area (Å²) in [7, 11) is 0. The van der Waals surface area contributed by atoms with Gasteiger partial charge in [-0.25, -0.2) is 8.78 Å². The lowest BCUT2D eigenvalue weighted by atomic mass is 10.1. The highest BCUT2D eigenvalue weighted by molar-refractivity contribution is 9.10. The fourth-order valence-electron chi connectivity index (χ4n) is 1.07. The molecule has 0 heterocycles. The summed E-state index contributed by atoms with van der Waals surface area (Å²) in [4.78, 5) is 10.4. The predicted octanol–water partition coefficient (Wildman–Crippen LogP) is 1.68. The van der Waals surface area contributed by atoms with E-state index in [2.05, 4.69) is 15.9 Å². The third-order valence-electron chi connectivity index (χ3n) is 1.82. The Hall–Kier alpha value is -1.01. The van der Waals surface area contributed by atoms with Crippen molar-refractivity contribution >= 4 is 21.9 Å². The molecule has 0 aliphatic carbocycles. The molecule has 0 bridgehead atoms. The van der Waals surface area contributed by atoms with E-state index in [1.807, 2.05) is 0 Å². The number of benzene rings is 1. The first kappa shape index (κ1) is 12.1. The zero-order valence-electron chi connectivity index (χ0n) is 7.51. The van der Waals surface area contributed by atoms with Crippen LogP contribution in [0.25, 0.3) is 0 Å². The van der Waals surface area contributed by atoms with Crippen molar-refractivity contribution in [3.05, 3.63) is 33.8 Å². The smallest absolute Gasteiger partial charge is 0.320 e. The number of nitrogens with two attached hydrogens (primary N) is 1. The maximum absolute atomic E-state index is 12.9. The van der Waals surface area contributed by atoms with Gasteiger partial charge in [0.15, 0.2) is 11.6 Å². The zero-order valence-corrected chi connectivity index (χ0v) is 9.09. The van der Waals surface area contributed by atoms with Gasteiger partial charge in [0, 0.05) is 0 Å². The van der Waals surface area contributed by atoms with Gasteiger partial charge in [0.25, 0.3) is 0 Å². The lowest BCUT2D eigenvalue weighted by Crippen LogP contribution is -2.32. The molecule has 82 valence electrons. The number of halogens is 3. The standard InChI is InChI=1S/C9H8BrF2NO2/c10-5-1-4(2-6(11)8(5)12)3-7(13)9(14)15/h1-2,7H,3,13H2,(H,14,15). The number of carboxylic acids is 1. The molecular formula is C9H8BrF2NO2. The summed E-state index contributed by atoms with van der Waals surface area (Å²) in [5.74, 6) is -3.21. The second-order valence-electron chi connectivity index (χ2n) is 3.02. The van der Waals surface area contributed by atoms with Crippen molar-refractivity contribution < 1.29 is 18.7 Å². The van der Waals surface area contributed by atoms with Gasteiger partial charge in [0.05, 0.1) is 4.47 Å². The van der Waals surface area contributed by atoms with E-state index >= 15 is 0 Å². The highest BCUT2D eigenvalue weighted by atomic mass is 79.9. The normalized spacial score (nSPS) is 12.5. The van der Waals surface area contributed by atoms with E-state index in [0.717, 1.165) is 6.07 Å². The van der Waals surface area contributed by atoms with Crippen LogP contribution in [0, 0.1) is 11.6 Å². The second kappa shape index (κ2) is 4.67. The largest absolute Gasteiger partial charge is 0.480 e. The van der Waals surface area contributed by atoms with Gasteiger partial charge >= 0.3 is 5.97 Å². The molecule has 3 N–H and O–H groups in total. The fourth-order valence-corrected chi connectivity index (χ4v) is 1.55. The fraction of sp³-hybridized carbons (Fsp3) is 0.222. The second-order valence-corrected chi connectivity index (χ2v) is 3.88. The maximum atomic E-state index is 12.9. The predicted molar refractivity (Wildman–Crippen MR) is 53.4 cm³/mol. The Balaban J connectivity index is 2.92. The molecule has 1 unspecified atom stereocenters. The molecule has 1 aromatic rings. The van der Waals surface area contributed by atoms with Crippen molar-refractivity contribution in [1.82, 2.24) is 0 Å². The molecule has 0 aromatic heterocycles. The molecular weight excluding hydrogens is 272 g/mol. The molecule has 0 fully saturated rings. The van der Waals surface area contributed by atoms with Crippen LogP contribution in [-0.4, -0.2) is 17.1 Å². The van der Waals surface area contributed by atoms with Crippen LogP contribution in [-0.2, 0) is 11.2 Å². The number of hydrogen-bond donors (Lipinski definition) is 2. The number of carbonyl (C=O) groups is 1. The molecule has 0 amide bonds. The van der Waals surface area contributed by atoms with E-state index in [0.29, 0.717) is 5.56 Å². The first-order valence-corrected chi connectivity index (χ1v) is 4.83. The Labute approximate surface area is 93.0 Å². The van der Waals surface area contributed by atoms with Crippen molar-refractivity contribution in [2.75, 3.05) is 0 Å². The molecule has 1 aromatic carbocycles. The monoisotopic (exact) mass is 279 g/mol. The highest BCUT2D eigenvalue weighted by Gasteiger charge is 2.15. The molecule has 0 aliphatic rings. The molecule has 0 saturated carbocycles. The topological polar surface area (TPSA) is 63.3 Å². The molecule has 0 radical (unpaired) electrons. The molecule has 0 spiro atoms. The van der Waals surface area contributed by atoms with Crippen molar-refractivity contribution in [1.29, 1.82) is 0 Å². The summed E-state index contributed by atoms with van der Waals surface area (Å²) < 4.78 is 25.7. The molecule has 6 heteroatoms. The minimum atomic E-state index is -1.18. The summed E-state index contributed by atoms with van der Waals surface area (Å²) >= 11 is 2.82. The van der Waals surface area contributed by atoms with Crippen molar-refractivity contribution in [2.45, 2.75) is 12.5 Å². The van der Waals surface area contributed by atoms with Crippen LogP contribution in [0.1, 0.15) is 5.56 Å². The van der Waals surface area contributed by atoms with Crippen molar-refractivity contribution in [3.8, 4) is 0 Å². The van der Waals surface area contributed by atoms with Gasteiger partial charge in [-0.1, -0.05) is 0 Å². The Morgan fingerprint density at radius 2 is 2.13 bits per heavy atom. The number of carboxylic acid groups (broad SMARTS) is 1. The van der Waals surface area contributed by atoms with Crippen LogP contribution in [0.3, 0.4) is 0 Å². The Bertz CT molecular complexity index is 375. The average molecular weight is 280 g/mol. The van der Waals surface area contributed by atoms with Crippen LogP contribution < -0.4 is 5.73 Å². The van der Waals surface area contributed by atoms with Crippen molar-refractivity contribution in [3.63, 3.8) is 0 Å². The van der Waals surface area contributed by atoms with Crippen molar-refractivity contribution in [2.24, 2.45) is 5.73 Å². The maximum Gasteiger partial charge on any atom is 0.320 e. The van der Waals surface area contributed by atoms with E-state index in [1.54, 1.807) is 0 Å². The van der Waals surface area contributed by atoms with E-state index in [-0.39, 0.29) is 10.9 Å². The van der Waals surface area contributed by atoms with Gasteiger partial charge in [-0.2, -0.15) is 0 Å². The van der Waals surface area contributed by atoms with Gasteiger partial charge in [0.1, 0.15) is 6.04 Å². The van der Waals surface area contributed by atoms with E-state index in [1.165, 1.54) is 6.07 Å². The summed E-state index contributed by atoms with van der Waals surface area (Å²) in [5, 5.41) is 8.53. The Kier molecular flexibility index (Phi) is 3.76. The lowest BCUT2D eigenvalue weighted by Gasteiger charge is -2.07. The third-order valence-corrected chi connectivity index (χ3v) is 2.39. The minimum absolute atomic E-state index is 0.0462. The summed E-state index contributed by atoms with van der Waals surface area (Å²) in [6.45, 7) is 0. The molecule has 0 saturated heterocycles. The minimum Gasteiger partial charge on any atom is -0.480 e. The van der Waals surface area contributed by atoms with Crippen LogP contribution in [0.5, 0.6) is 0 Å². The number of hydrogen-bond acceptors (Lipinski definition) is 2. The molecule has 1 rings (SSSR count). The molecule has 15 heavy (non-hydrogen) atoms. The Morgan fingerprint density at radius 1 is 1.53 bits per heavy atom. The summed E-state index contributed by atoms with van der Waals surface area (Å²) in [5.41, 5.74) is 5.58. The molecule has 3 nitrogen and oxygen atoms in total. The van der Waals surface area contributed by atoms with Gasteiger partial charge in [-0.3, -0.25) is 4.79 Å². The third kappa shape index (κ3) is 2.97. The number of aliphatic carboxylic acids is 1. The van der Waals surface area contributed by atoms with Crippen LogP contribution in [0.2, 0.25) is 0 Å². The van der Waals surface area contributed by atoms with E-state index in [9.17, 15) is 13.6 Å². The first-order chi connectivity index (χ1) is 6.91. The van der Waals surface area contributed by atoms with Gasteiger partial charge < -0.3 is 10.8 Å². The first-order valence-electron chi connectivity index (χ1n) is 4.03. The summed E-state index contributed by atoms with van der Waals surface area (Å²) in [6, 6.07) is 1.12. The van der Waals surface area contributed by atoms with Gasteiger partial charge in [-0.15, -0.1) is 0 Å². The quantitative estimate of drug-likeness (QED) is 0.828. The average Bonchev–Trinajstić information content (AvgIpc) is 2.13.